The second-order valence-corrected chi connectivity index (χ2v) is 5.25. The first-order valence-corrected chi connectivity index (χ1v) is 6.33. The summed E-state index contributed by atoms with van der Waals surface area (Å²) in [5.41, 5.74) is 2.00. The van der Waals surface area contributed by atoms with Crippen molar-refractivity contribution in [3.05, 3.63) is 37.6 Å². The minimum atomic E-state index is -0.200. The van der Waals surface area contributed by atoms with Crippen LogP contribution in [0.2, 0.25) is 5.02 Å². The van der Waals surface area contributed by atoms with Crippen LogP contribution in [-0.4, -0.2) is 5.78 Å². The molecule has 0 amide bonds. The van der Waals surface area contributed by atoms with Gasteiger partial charge in [-0.1, -0.05) is 17.2 Å². The van der Waals surface area contributed by atoms with Crippen molar-refractivity contribution in [2.24, 2.45) is 0 Å². The van der Waals surface area contributed by atoms with E-state index >= 15 is 0 Å². The van der Waals surface area contributed by atoms with Crippen molar-refractivity contribution in [1.82, 2.24) is 0 Å². The molecular formula is C13H7ClN2OS. The van der Waals surface area contributed by atoms with E-state index in [-0.39, 0.29) is 11.4 Å². The number of carbonyl (C=O) groups excluding carboxylic acids is 1. The van der Waals surface area contributed by atoms with Crippen LogP contribution in [-0.2, 0) is 0 Å². The van der Waals surface area contributed by atoms with Crippen molar-refractivity contribution in [3.63, 3.8) is 0 Å². The summed E-state index contributed by atoms with van der Waals surface area (Å²) in [5, 5.41) is 20.1. The Kier molecular flexibility index (Phi) is 3.09. The molecule has 1 aromatic rings. The van der Waals surface area contributed by atoms with Crippen molar-refractivity contribution < 1.29 is 4.79 Å². The Bertz CT molecular complexity index is 690. The molecule has 1 aliphatic carbocycles. The molecule has 1 aromatic heterocycles. The maximum Gasteiger partial charge on any atom is 0.196 e. The zero-order valence-corrected chi connectivity index (χ0v) is 11.2. The predicted molar refractivity (Wildman–Crippen MR) is 70.2 cm³/mol. The van der Waals surface area contributed by atoms with Crippen LogP contribution in [0.25, 0.3) is 5.57 Å². The fraction of sp³-hybridized carbons (Fsp3) is 0.154. The minimum absolute atomic E-state index is 0.0446. The van der Waals surface area contributed by atoms with Crippen LogP contribution in [0.5, 0.6) is 0 Å². The van der Waals surface area contributed by atoms with Crippen molar-refractivity contribution in [2.45, 2.75) is 13.8 Å². The van der Waals surface area contributed by atoms with Gasteiger partial charge in [0, 0.05) is 21.4 Å². The van der Waals surface area contributed by atoms with Crippen LogP contribution in [0.4, 0.5) is 0 Å². The van der Waals surface area contributed by atoms with Gasteiger partial charge in [0.25, 0.3) is 0 Å². The number of hydrogen-bond acceptors (Lipinski definition) is 4. The molecule has 88 valence electrons. The van der Waals surface area contributed by atoms with E-state index in [2.05, 4.69) is 0 Å². The number of nitrogens with zero attached hydrogens (tertiary/aromatic N) is 2. The molecule has 1 heterocycles. The number of rotatable bonds is 0. The van der Waals surface area contributed by atoms with Gasteiger partial charge in [0.1, 0.15) is 17.7 Å². The summed E-state index contributed by atoms with van der Waals surface area (Å²) in [5.74, 6) is -0.200. The third kappa shape index (κ3) is 1.59. The number of hydrogen-bond donors (Lipinski definition) is 0. The number of carbonyl (C=O) groups is 1. The molecule has 18 heavy (non-hydrogen) atoms. The number of halogens is 1. The molecule has 1 aliphatic rings. The molecule has 3 nitrogen and oxygen atoms in total. The highest BCUT2D eigenvalue weighted by Gasteiger charge is 2.36. The maximum absolute atomic E-state index is 12.3. The topological polar surface area (TPSA) is 64.7 Å². The fourth-order valence-electron chi connectivity index (χ4n) is 1.94. The van der Waals surface area contributed by atoms with E-state index in [1.165, 1.54) is 11.3 Å². The molecule has 0 aliphatic heterocycles. The Balaban J connectivity index is 2.92. The Morgan fingerprint density at radius 2 is 1.89 bits per heavy atom. The molecule has 0 aromatic carbocycles. The second kappa shape index (κ2) is 4.42. The largest absolute Gasteiger partial charge is 0.288 e. The van der Waals surface area contributed by atoms with E-state index in [1.54, 1.807) is 19.2 Å². The van der Waals surface area contributed by atoms with Gasteiger partial charge in [0.2, 0.25) is 0 Å². The summed E-state index contributed by atoms with van der Waals surface area (Å²) in [7, 11) is 0. The third-order valence-corrected chi connectivity index (χ3v) is 4.08. The molecule has 0 bridgehead atoms. The molecule has 0 N–H and O–H groups in total. The number of allylic oxidation sites excluding steroid dienone is 4. The standard InChI is InChI=1S/C13H7ClN2OS/c1-6(2)9-10(7(3-15)4-16)13-11(12(9)17)8(14)5-18-13/h5H,1-2H3. The van der Waals surface area contributed by atoms with Crippen LogP contribution < -0.4 is 0 Å². The molecule has 5 heteroatoms. The lowest BCUT2D eigenvalue weighted by atomic mass is 9.99. The molecule has 2 rings (SSSR count). The number of nitriles is 2. The van der Waals surface area contributed by atoms with Crippen LogP contribution in [0.1, 0.15) is 29.1 Å². The summed E-state index contributed by atoms with van der Waals surface area (Å²) >= 11 is 7.27. The highest BCUT2D eigenvalue weighted by Crippen LogP contribution is 2.46. The Morgan fingerprint density at radius 1 is 1.28 bits per heavy atom. The van der Waals surface area contributed by atoms with Crippen molar-refractivity contribution in [3.8, 4) is 12.1 Å². The average molecular weight is 275 g/mol. The van der Waals surface area contributed by atoms with Crippen LogP contribution in [0, 0.1) is 22.7 Å². The number of thiophene rings is 1. The lowest BCUT2D eigenvalue weighted by Crippen LogP contribution is -1.98. The van der Waals surface area contributed by atoms with E-state index in [4.69, 9.17) is 22.1 Å². The third-order valence-electron chi connectivity index (χ3n) is 2.65. The molecular weight excluding hydrogens is 268 g/mol. The molecule has 0 radical (unpaired) electrons. The maximum atomic E-state index is 12.3. The average Bonchev–Trinajstić information content (AvgIpc) is 2.82. The monoisotopic (exact) mass is 274 g/mol. The first-order valence-electron chi connectivity index (χ1n) is 5.07. The highest BCUT2D eigenvalue weighted by atomic mass is 35.5. The fourth-order valence-corrected chi connectivity index (χ4v) is 3.29. The van der Waals surface area contributed by atoms with E-state index in [0.717, 1.165) is 5.57 Å². The quantitative estimate of drug-likeness (QED) is 0.535. The first kappa shape index (κ1) is 12.6. The van der Waals surface area contributed by atoms with Gasteiger partial charge in [-0.05, 0) is 13.8 Å². The van der Waals surface area contributed by atoms with E-state index < -0.39 is 0 Å². The summed E-state index contributed by atoms with van der Waals surface area (Å²) in [6.07, 6.45) is 0. The second-order valence-electron chi connectivity index (χ2n) is 3.97. The molecule has 0 fully saturated rings. The molecule has 0 saturated heterocycles. The Hall–Kier alpha value is -1.88. The van der Waals surface area contributed by atoms with Crippen LogP contribution in [0.3, 0.4) is 0 Å². The number of ketones is 1. The lowest BCUT2D eigenvalue weighted by Gasteiger charge is -2.02. The van der Waals surface area contributed by atoms with Crippen molar-refractivity contribution >= 4 is 34.3 Å². The zero-order valence-electron chi connectivity index (χ0n) is 9.67. The van der Waals surface area contributed by atoms with Crippen molar-refractivity contribution in [2.75, 3.05) is 0 Å². The first-order chi connectivity index (χ1) is 8.52. The highest BCUT2D eigenvalue weighted by molar-refractivity contribution is 7.12. The van der Waals surface area contributed by atoms with Gasteiger partial charge < -0.3 is 0 Å². The van der Waals surface area contributed by atoms with Crippen molar-refractivity contribution in [1.29, 1.82) is 10.5 Å². The Labute approximate surface area is 113 Å². The molecule has 0 saturated carbocycles. The smallest absolute Gasteiger partial charge is 0.196 e. The van der Waals surface area contributed by atoms with Gasteiger partial charge in [-0.3, -0.25) is 4.79 Å². The molecule has 0 atom stereocenters. The van der Waals surface area contributed by atoms with Gasteiger partial charge in [-0.25, -0.2) is 0 Å². The zero-order chi connectivity index (χ0) is 13.4. The number of fused-ring (bicyclic) bond motifs is 1. The minimum Gasteiger partial charge on any atom is -0.288 e. The summed E-state index contributed by atoms with van der Waals surface area (Å²) in [4.78, 5) is 12.9. The van der Waals surface area contributed by atoms with Gasteiger partial charge in [-0.2, -0.15) is 10.5 Å². The lowest BCUT2D eigenvalue weighted by molar-refractivity contribution is 0.104. The SMILES string of the molecule is CC(C)=C1C(=O)c2c(Cl)csc2C1=C(C#N)C#N. The van der Waals surface area contributed by atoms with E-state index in [0.29, 0.717) is 26.6 Å². The summed E-state index contributed by atoms with van der Waals surface area (Å²) in [6.45, 7) is 3.56. The predicted octanol–water partition coefficient (Wildman–Crippen LogP) is 3.73. The van der Waals surface area contributed by atoms with Gasteiger partial charge in [-0.15, -0.1) is 11.3 Å². The number of Topliss-reactive ketones (excluding diaryl/α,β-unsaturated/α-hetero) is 1. The van der Waals surface area contributed by atoms with Gasteiger partial charge in [0.15, 0.2) is 5.78 Å². The van der Waals surface area contributed by atoms with E-state index in [1.807, 2.05) is 12.1 Å². The Morgan fingerprint density at radius 3 is 2.39 bits per heavy atom. The van der Waals surface area contributed by atoms with Gasteiger partial charge >= 0.3 is 0 Å². The van der Waals surface area contributed by atoms with E-state index in [9.17, 15) is 4.79 Å². The van der Waals surface area contributed by atoms with Crippen LogP contribution in [0.15, 0.2) is 22.1 Å². The summed E-state index contributed by atoms with van der Waals surface area (Å²) < 4.78 is 0. The molecule has 0 spiro atoms. The van der Waals surface area contributed by atoms with Crippen LogP contribution >= 0.6 is 22.9 Å². The molecule has 0 unspecified atom stereocenters. The van der Waals surface area contributed by atoms with Gasteiger partial charge in [0.05, 0.1) is 10.6 Å². The normalized spacial score (nSPS) is 13.1. The summed E-state index contributed by atoms with van der Waals surface area (Å²) in [6, 6.07) is 3.69.